The van der Waals surface area contributed by atoms with Gasteiger partial charge < -0.3 is 15.4 Å². The number of hydrogen-bond donors (Lipinski definition) is 2. The van der Waals surface area contributed by atoms with Crippen LogP contribution in [0.5, 0.6) is 0 Å². The van der Waals surface area contributed by atoms with E-state index in [4.69, 9.17) is 4.74 Å². The van der Waals surface area contributed by atoms with Gasteiger partial charge in [0.15, 0.2) is 0 Å². The Kier molecular flexibility index (Phi) is 5.36. The van der Waals surface area contributed by atoms with Crippen molar-refractivity contribution in [2.24, 2.45) is 0 Å². The first-order chi connectivity index (χ1) is 11.0. The highest BCUT2D eigenvalue weighted by atomic mass is 16.5. The Morgan fingerprint density at radius 1 is 1.04 bits per heavy atom. The van der Waals surface area contributed by atoms with Crippen molar-refractivity contribution in [1.29, 1.82) is 0 Å². The van der Waals surface area contributed by atoms with Gasteiger partial charge in [-0.15, -0.1) is 0 Å². The molecule has 6 heteroatoms. The van der Waals surface area contributed by atoms with Crippen molar-refractivity contribution < 1.29 is 19.1 Å². The number of amides is 2. The Bertz CT molecular complexity index is 589. The molecule has 0 saturated heterocycles. The second-order valence-corrected chi connectivity index (χ2v) is 5.85. The molecular formula is C17H22N2O4. The summed E-state index contributed by atoms with van der Waals surface area (Å²) in [6.45, 7) is 1.42. The van der Waals surface area contributed by atoms with Gasteiger partial charge in [-0.25, -0.2) is 4.79 Å². The normalized spacial score (nSPS) is 16.3. The standard InChI is InChI=1S/C17H22N2O4/c1-12(20)18-14-8-6-13(7-9-14)15(21)19-17(16(22)23-2)10-4-3-5-11-17/h6-9H,3-5,10-11H2,1-2H3,(H,18,20)(H,19,21). The number of carbonyl (C=O) groups is 3. The van der Waals surface area contributed by atoms with E-state index in [0.717, 1.165) is 19.3 Å². The van der Waals surface area contributed by atoms with E-state index < -0.39 is 5.54 Å². The van der Waals surface area contributed by atoms with E-state index in [-0.39, 0.29) is 17.8 Å². The Morgan fingerprint density at radius 2 is 1.65 bits per heavy atom. The lowest BCUT2D eigenvalue weighted by molar-refractivity contribution is -0.149. The van der Waals surface area contributed by atoms with Crippen LogP contribution in [0.15, 0.2) is 24.3 Å². The van der Waals surface area contributed by atoms with Gasteiger partial charge in [0.1, 0.15) is 5.54 Å². The highest BCUT2D eigenvalue weighted by Gasteiger charge is 2.42. The van der Waals surface area contributed by atoms with E-state index in [9.17, 15) is 14.4 Å². The lowest BCUT2D eigenvalue weighted by Gasteiger charge is -2.35. The minimum absolute atomic E-state index is 0.172. The molecule has 124 valence electrons. The number of benzene rings is 1. The monoisotopic (exact) mass is 318 g/mol. The van der Waals surface area contributed by atoms with Crippen LogP contribution in [0, 0.1) is 0 Å². The predicted octanol–water partition coefficient (Wildman–Crippen LogP) is 2.25. The second kappa shape index (κ2) is 7.26. The third-order valence-electron chi connectivity index (χ3n) is 4.10. The van der Waals surface area contributed by atoms with E-state index in [2.05, 4.69) is 10.6 Å². The average molecular weight is 318 g/mol. The molecule has 1 fully saturated rings. The van der Waals surface area contributed by atoms with Gasteiger partial charge in [-0.2, -0.15) is 0 Å². The molecule has 0 aromatic heterocycles. The third-order valence-corrected chi connectivity index (χ3v) is 4.10. The van der Waals surface area contributed by atoms with Crippen molar-refractivity contribution >= 4 is 23.5 Å². The molecule has 0 atom stereocenters. The zero-order valence-electron chi connectivity index (χ0n) is 13.5. The number of carbonyl (C=O) groups excluding carboxylic acids is 3. The van der Waals surface area contributed by atoms with Gasteiger partial charge in [0.05, 0.1) is 7.11 Å². The van der Waals surface area contributed by atoms with Crippen LogP contribution in [-0.4, -0.2) is 30.4 Å². The highest BCUT2D eigenvalue weighted by Crippen LogP contribution is 2.29. The zero-order valence-corrected chi connectivity index (χ0v) is 13.5. The van der Waals surface area contributed by atoms with Crippen LogP contribution in [0.2, 0.25) is 0 Å². The molecule has 0 heterocycles. The summed E-state index contributed by atoms with van der Waals surface area (Å²) in [4.78, 5) is 35.6. The van der Waals surface area contributed by atoms with Gasteiger partial charge in [0.2, 0.25) is 5.91 Å². The van der Waals surface area contributed by atoms with Crippen LogP contribution in [0.4, 0.5) is 5.69 Å². The molecule has 0 unspecified atom stereocenters. The first-order valence-electron chi connectivity index (χ1n) is 7.75. The Morgan fingerprint density at radius 3 is 2.17 bits per heavy atom. The van der Waals surface area contributed by atoms with Crippen LogP contribution < -0.4 is 10.6 Å². The van der Waals surface area contributed by atoms with Crippen LogP contribution in [0.3, 0.4) is 0 Å². The molecule has 0 radical (unpaired) electrons. The van der Waals surface area contributed by atoms with E-state index in [1.165, 1.54) is 14.0 Å². The molecule has 2 amide bonds. The van der Waals surface area contributed by atoms with Crippen LogP contribution in [0.1, 0.15) is 49.4 Å². The number of methoxy groups -OCH3 is 1. The summed E-state index contributed by atoms with van der Waals surface area (Å²) in [6.07, 6.45) is 4.01. The average Bonchev–Trinajstić information content (AvgIpc) is 2.55. The summed E-state index contributed by atoms with van der Waals surface area (Å²) >= 11 is 0. The van der Waals surface area contributed by atoms with Crippen molar-refractivity contribution in [3.05, 3.63) is 29.8 Å². The minimum atomic E-state index is -0.930. The molecule has 1 aliphatic carbocycles. The highest BCUT2D eigenvalue weighted by molar-refractivity contribution is 5.98. The van der Waals surface area contributed by atoms with Gasteiger partial charge >= 0.3 is 5.97 Å². The molecule has 2 rings (SSSR count). The molecule has 1 aromatic rings. The minimum Gasteiger partial charge on any atom is -0.467 e. The molecule has 1 saturated carbocycles. The zero-order chi connectivity index (χ0) is 16.9. The summed E-state index contributed by atoms with van der Waals surface area (Å²) in [7, 11) is 1.34. The largest absolute Gasteiger partial charge is 0.467 e. The summed E-state index contributed by atoms with van der Waals surface area (Å²) in [5.74, 6) is -0.874. The van der Waals surface area contributed by atoms with Gasteiger partial charge in [0, 0.05) is 18.2 Å². The fourth-order valence-corrected chi connectivity index (χ4v) is 2.93. The lowest BCUT2D eigenvalue weighted by atomic mass is 9.81. The molecule has 23 heavy (non-hydrogen) atoms. The molecular weight excluding hydrogens is 296 g/mol. The number of esters is 1. The van der Waals surface area contributed by atoms with Gasteiger partial charge in [-0.1, -0.05) is 19.3 Å². The maximum absolute atomic E-state index is 12.5. The molecule has 0 spiro atoms. The molecule has 1 aromatic carbocycles. The van der Waals surface area contributed by atoms with Crippen molar-refractivity contribution in [2.75, 3.05) is 12.4 Å². The summed E-state index contributed by atoms with van der Waals surface area (Å²) < 4.78 is 4.89. The van der Waals surface area contributed by atoms with Crippen LogP contribution in [-0.2, 0) is 14.3 Å². The Labute approximate surface area is 135 Å². The summed E-state index contributed by atoms with van der Waals surface area (Å²) in [5.41, 5.74) is 0.128. The Hall–Kier alpha value is -2.37. The quantitative estimate of drug-likeness (QED) is 0.834. The molecule has 2 N–H and O–H groups in total. The number of hydrogen-bond acceptors (Lipinski definition) is 4. The first kappa shape index (κ1) is 17.0. The maximum atomic E-state index is 12.5. The first-order valence-corrected chi connectivity index (χ1v) is 7.75. The van der Waals surface area contributed by atoms with Crippen molar-refractivity contribution in [3.8, 4) is 0 Å². The summed E-state index contributed by atoms with van der Waals surface area (Å²) in [6, 6.07) is 6.55. The van der Waals surface area contributed by atoms with Gasteiger partial charge in [-0.05, 0) is 37.1 Å². The van der Waals surface area contributed by atoms with Crippen molar-refractivity contribution in [2.45, 2.75) is 44.6 Å². The van der Waals surface area contributed by atoms with Crippen molar-refractivity contribution in [3.63, 3.8) is 0 Å². The Balaban J connectivity index is 2.12. The molecule has 1 aliphatic rings. The predicted molar refractivity (Wildman–Crippen MR) is 86.0 cm³/mol. The summed E-state index contributed by atoms with van der Waals surface area (Å²) in [5, 5.41) is 5.50. The van der Waals surface area contributed by atoms with E-state index in [1.54, 1.807) is 24.3 Å². The fourth-order valence-electron chi connectivity index (χ4n) is 2.93. The fraction of sp³-hybridized carbons (Fsp3) is 0.471. The SMILES string of the molecule is COC(=O)C1(NC(=O)c2ccc(NC(C)=O)cc2)CCCCC1. The van der Waals surface area contributed by atoms with Gasteiger partial charge in [-0.3, -0.25) is 9.59 Å². The number of rotatable bonds is 4. The number of ether oxygens (including phenoxy) is 1. The smallest absolute Gasteiger partial charge is 0.331 e. The van der Waals surface area contributed by atoms with E-state index in [0.29, 0.717) is 24.1 Å². The lowest BCUT2D eigenvalue weighted by Crippen LogP contribution is -2.56. The molecule has 0 bridgehead atoms. The van der Waals surface area contributed by atoms with E-state index >= 15 is 0 Å². The number of nitrogens with one attached hydrogen (secondary N) is 2. The van der Waals surface area contributed by atoms with Crippen LogP contribution in [0.25, 0.3) is 0 Å². The van der Waals surface area contributed by atoms with E-state index in [1.807, 2.05) is 0 Å². The van der Waals surface area contributed by atoms with Crippen LogP contribution >= 0.6 is 0 Å². The van der Waals surface area contributed by atoms with Gasteiger partial charge in [0.25, 0.3) is 5.91 Å². The number of anilines is 1. The third kappa shape index (κ3) is 4.09. The second-order valence-electron chi connectivity index (χ2n) is 5.85. The molecule has 6 nitrogen and oxygen atoms in total. The molecule has 0 aliphatic heterocycles. The maximum Gasteiger partial charge on any atom is 0.331 e. The topological polar surface area (TPSA) is 84.5 Å². The van der Waals surface area contributed by atoms with Crippen molar-refractivity contribution in [1.82, 2.24) is 5.32 Å².